The summed E-state index contributed by atoms with van der Waals surface area (Å²) in [6, 6.07) is 1.79. The molecule has 0 aliphatic heterocycles. The van der Waals surface area contributed by atoms with Crippen LogP contribution in [0.2, 0.25) is 0 Å². The lowest BCUT2D eigenvalue weighted by molar-refractivity contribution is -0.141. The molecule has 146 valence electrons. The number of alkyl halides is 3. The second kappa shape index (κ2) is 7.33. The topological polar surface area (TPSA) is 103 Å². The van der Waals surface area contributed by atoms with Gasteiger partial charge in [0.1, 0.15) is 24.1 Å². The van der Waals surface area contributed by atoms with E-state index in [9.17, 15) is 22.8 Å². The van der Waals surface area contributed by atoms with Crippen molar-refractivity contribution in [3.63, 3.8) is 0 Å². The smallest absolute Gasteiger partial charge is 0.322 e. The highest BCUT2D eigenvalue weighted by Gasteiger charge is 2.33. The van der Waals surface area contributed by atoms with Crippen molar-refractivity contribution in [1.82, 2.24) is 24.7 Å². The Balaban J connectivity index is 2.03. The zero-order valence-corrected chi connectivity index (χ0v) is 14.9. The van der Waals surface area contributed by atoms with Gasteiger partial charge in [-0.05, 0) is 18.1 Å². The van der Waals surface area contributed by atoms with Crippen LogP contribution < -0.4 is 10.9 Å². The number of hydrogen-bond acceptors (Lipinski definition) is 6. The van der Waals surface area contributed by atoms with Crippen molar-refractivity contribution < 1.29 is 18.0 Å². The molecule has 28 heavy (non-hydrogen) atoms. The first-order valence-corrected chi connectivity index (χ1v) is 8.20. The van der Waals surface area contributed by atoms with Crippen LogP contribution in [0.15, 0.2) is 35.6 Å². The molecule has 0 atom stereocenters. The standard InChI is InChI=1S/C17H15F3N6O2/c1-9(2)14-15-11(3-4-12(24-15)17(18,19)20)16(28)26(25-14)7-13(27)23-10-5-21-8-22-6-10/h3-6,8-9H,7H2,1-2H3,(H,23,27). The Morgan fingerprint density at radius 3 is 2.50 bits per heavy atom. The van der Waals surface area contributed by atoms with E-state index < -0.39 is 29.9 Å². The molecule has 0 unspecified atom stereocenters. The second-order valence-corrected chi connectivity index (χ2v) is 6.27. The van der Waals surface area contributed by atoms with Gasteiger partial charge in [-0.3, -0.25) is 9.59 Å². The molecule has 0 bridgehead atoms. The number of amides is 1. The molecule has 0 saturated heterocycles. The number of hydrogen-bond donors (Lipinski definition) is 1. The number of rotatable bonds is 4. The Morgan fingerprint density at radius 2 is 1.89 bits per heavy atom. The van der Waals surface area contributed by atoms with E-state index in [-0.39, 0.29) is 22.5 Å². The number of pyridine rings is 1. The summed E-state index contributed by atoms with van der Waals surface area (Å²) < 4.78 is 39.8. The molecule has 0 saturated carbocycles. The van der Waals surface area contributed by atoms with Crippen molar-refractivity contribution in [3.05, 3.63) is 52.6 Å². The summed E-state index contributed by atoms with van der Waals surface area (Å²) in [4.78, 5) is 35.9. The van der Waals surface area contributed by atoms with Gasteiger partial charge in [-0.15, -0.1) is 0 Å². The van der Waals surface area contributed by atoms with Gasteiger partial charge in [0, 0.05) is 0 Å². The van der Waals surface area contributed by atoms with Crippen LogP contribution >= 0.6 is 0 Å². The lowest BCUT2D eigenvalue weighted by Gasteiger charge is -2.14. The number of nitrogens with one attached hydrogen (secondary N) is 1. The van der Waals surface area contributed by atoms with Gasteiger partial charge in [-0.1, -0.05) is 13.8 Å². The zero-order chi connectivity index (χ0) is 20.5. The number of anilines is 1. The SMILES string of the molecule is CC(C)c1nn(CC(=O)Nc2cncnc2)c(=O)c2ccc(C(F)(F)F)nc12. The molecule has 1 amide bonds. The Labute approximate surface area is 156 Å². The molecule has 0 aliphatic rings. The van der Waals surface area contributed by atoms with Gasteiger partial charge in [0.2, 0.25) is 5.91 Å². The Kier molecular flexibility index (Phi) is 5.08. The highest BCUT2D eigenvalue weighted by atomic mass is 19.4. The first-order valence-electron chi connectivity index (χ1n) is 8.20. The normalized spacial score (nSPS) is 11.8. The van der Waals surface area contributed by atoms with E-state index in [4.69, 9.17) is 0 Å². The number of carbonyl (C=O) groups is 1. The summed E-state index contributed by atoms with van der Waals surface area (Å²) in [6.07, 6.45) is -0.593. The average molecular weight is 392 g/mol. The zero-order valence-electron chi connectivity index (χ0n) is 14.9. The molecular weight excluding hydrogens is 377 g/mol. The summed E-state index contributed by atoms with van der Waals surface area (Å²) in [6.45, 7) is 2.99. The number of fused-ring (bicyclic) bond motifs is 1. The van der Waals surface area contributed by atoms with Crippen molar-refractivity contribution in [2.75, 3.05) is 5.32 Å². The quantitative estimate of drug-likeness (QED) is 0.731. The van der Waals surface area contributed by atoms with E-state index in [1.807, 2.05) is 0 Å². The van der Waals surface area contributed by atoms with Gasteiger partial charge in [0.15, 0.2) is 0 Å². The van der Waals surface area contributed by atoms with Gasteiger partial charge < -0.3 is 5.32 Å². The predicted molar refractivity (Wildman–Crippen MR) is 93.6 cm³/mol. The third-order valence-electron chi connectivity index (χ3n) is 3.81. The molecule has 8 nitrogen and oxygen atoms in total. The summed E-state index contributed by atoms with van der Waals surface area (Å²) in [5.74, 6) is -0.880. The Hall–Kier alpha value is -3.37. The van der Waals surface area contributed by atoms with Crippen LogP contribution in [0.25, 0.3) is 10.9 Å². The first-order chi connectivity index (χ1) is 13.2. The van der Waals surface area contributed by atoms with Gasteiger partial charge in [0.05, 0.1) is 29.2 Å². The molecule has 0 fully saturated rings. The summed E-state index contributed by atoms with van der Waals surface area (Å²) in [5.41, 5.74) is -1.41. The van der Waals surface area contributed by atoms with Crippen molar-refractivity contribution >= 4 is 22.5 Å². The van der Waals surface area contributed by atoms with Crippen molar-refractivity contribution in [3.8, 4) is 0 Å². The van der Waals surface area contributed by atoms with E-state index in [0.29, 0.717) is 5.69 Å². The average Bonchev–Trinajstić information content (AvgIpc) is 2.63. The number of halogens is 3. The van der Waals surface area contributed by atoms with Crippen LogP contribution in [-0.4, -0.2) is 30.6 Å². The molecule has 3 aromatic heterocycles. The van der Waals surface area contributed by atoms with Crippen LogP contribution in [0.3, 0.4) is 0 Å². The van der Waals surface area contributed by atoms with Gasteiger partial charge in [-0.2, -0.15) is 18.3 Å². The number of carbonyl (C=O) groups excluding carboxylic acids is 1. The van der Waals surface area contributed by atoms with Crippen LogP contribution in [0.4, 0.5) is 18.9 Å². The van der Waals surface area contributed by atoms with Crippen molar-refractivity contribution in [1.29, 1.82) is 0 Å². The molecule has 0 aromatic carbocycles. The van der Waals surface area contributed by atoms with Gasteiger partial charge in [0.25, 0.3) is 5.56 Å². The van der Waals surface area contributed by atoms with Crippen LogP contribution in [0.5, 0.6) is 0 Å². The fourth-order valence-electron chi connectivity index (χ4n) is 2.54. The summed E-state index contributed by atoms with van der Waals surface area (Å²) >= 11 is 0. The van der Waals surface area contributed by atoms with Crippen LogP contribution in [0, 0.1) is 0 Å². The Morgan fingerprint density at radius 1 is 1.21 bits per heavy atom. The largest absolute Gasteiger partial charge is 0.433 e. The predicted octanol–water partition coefficient (Wildman–Crippen LogP) is 2.36. The van der Waals surface area contributed by atoms with E-state index >= 15 is 0 Å². The molecule has 3 rings (SSSR count). The minimum Gasteiger partial charge on any atom is -0.322 e. The third kappa shape index (κ3) is 3.97. The number of nitrogens with zero attached hydrogens (tertiary/aromatic N) is 5. The minimum atomic E-state index is -4.64. The van der Waals surface area contributed by atoms with Crippen LogP contribution in [-0.2, 0) is 17.5 Å². The summed E-state index contributed by atoms with van der Waals surface area (Å²) in [7, 11) is 0. The Bertz CT molecular complexity index is 1080. The highest BCUT2D eigenvalue weighted by molar-refractivity contribution is 5.90. The monoisotopic (exact) mass is 392 g/mol. The van der Waals surface area contributed by atoms with Crippen molar-refractivity contribution in [2.24, 2.45) is 0 Å². The molecule has 3 heterocycles. The van der Waals surface area contributed by atoms with Crippen molar-refractivity contribution in [2.45, 2.75) is 32.5 Å². The molecule has 3 aromatic rings. The van der Waals surface area contributed by atoms with E-state index in [0.717, 1.165) is 16.8 Å². The summed E-state index contributed by atoms with van der Waals surface area (Å²) in [5, 5.41) is 6.56. The van der Waals surface area contributed by atoms with Crippen LogP contribution in [0.1, 0.15) is 31.2 Å². The molecule has 1 N–H and O–H groups in total. The maximum atomic E-state index is 13.0. The maximum absolute atomic E-state index is 13.0. The molecule has 0 radical (unpaired) electrons. The highest BCUT2D eigenvalue weighted by Crippen LogP contribution is 2.29. The second-order valence-electron chi connectivity index (χ2n) is 6.27. The van der Waals surface area contributed by atoms with Gasteiger partial charge >= 0.3 is 6.18 Å². The molecular formula is C17H15F3N6O2. The minimum absolute atomic E-state index is 0.0393. The maximum Gasteiger partial charge on any atom is 0.433 e. The van der Waals surface area contributed by atoms with E-state index in [2.05, 4.69) is 25.4 Å². The fourth-order valence-corrected chi connectivity index (χ4v) is 2.54. The molecule has 11 heteroatoms. The molecule has 0 aliphatic carbocycles. The van der Waals surface area contributed by atoms with Gasteiger partial charge in [-0.25, -0.2) is 19.6 Å². The molecule has 0 spiro atoms. The first kappa shape index (κ1) is 19.4. The fraction of sp³-hybridized carbons (Fsp3) is 0.294. The number of aromatic nitrogens is 5. The third-order valence-corrected chi connectivity index (χ3v) is 3.81. The lowest BCUT2D eigenvalue weighted by Crippen LogP contribution is -2.31. The van der Waals surface area contributed by atoms with E-state index in [1.54, 1.807) is 13.8 Å². The lowest BCUT2D eigenvalue weighted by atomic mass is 10.1. The van der Waals surface area contributed by atoms with E-state index in [1.165, 1.54) is 18.7 Å².